The lowest BCUT2D eigenvalue weighted by Crippen LogP contribution is -1.97. The van der Waals surface area contributed by atoms with Gasteiger partial charge in [0.2, 0.25) is 0 Å². The van der Waals surface area contributed by atoms with Crippen molar-refractivity contribution in [2.75, 3.05) is 0 Å². The number of aryl methyl sites for hydroxylation is 2. The van der Waals surface area contributed by atoms with Gasteiger partial charge in [0.05, 0.1) is 5.69 Å². The molecule has 1 aliphatic rings. The maximum absolute atomic E-state index is 4.86. The third-order valence-corrected chi connectivity index (χ3v) is 7.56. The average molecular weight is 415 g/mol. The van der Waals surface area contributed by atoms with Crippen molar-refractivity contribution in [3.05, 3.63) is 84.3 Å². The van der Waals surface area contributed by atoms with Crippen LogP contribution in [0.1, 0.15) is 11.4 Å². The number of aromatic nitrogens is 2. The molecule has 0 N–H and O–H groups in total. The summed E-state index contributed by atoms with van der Waals surface area (Å²) in [6, 6.07) is 24.4. The summed E-state index contributed by atoms with van der Waals surface area (Å²) < 4.78 is 0. The van der Waals surface area contributed by atoms with Gasteiger partial charge in [-0.2, -0.15) is 0 Å². The third-order valence-electron chi connectivity index (χ3n) is 6.46. The summed E-state index contributed by atoms with van der Waals surface area (Å²) in [5.41, 5.74) is 4.48. The van der Waals surface area contributed by atoms with Gasteiger partial charge in [0.15, 0.2) is 0 Å². The van der Waals surface area contributed by atoms with Crippen LogP contribution >= 0.6 is 11.8 Å². The fourth-order valence-electron chi connectivity index (χ4n) is 5.09. The topological polar surface area (TPSA) is 25.8 Å². The van der Waals surface area contributed by atoms with Gasteiger partial charge in [-0.3, -0.25) is 9.97 Å². The van der Waals surface area contributed by atoms with E-state index in [1.54, 1.807) is 0 Å². The molecule has 31 heavy (non-hydrogen) atoms. The number of hydrogen-bond donors (Lipinski definition) is 0. The number of hydrogen-bond acceptors (Lipinski definition) is 3. The molecule has 2 aromatic heterocycles. The van der Waals surface area contributed by atoms with Crippen LogP contribution in [0.4, 0.5) is 0 Å². The zero-order valence-corrected chi connectivity index (χ0v) is 18.0. The molecule has 0 radical (unpaired) electrons. The molecule has 0 bridgehead atoms. The van der Waals surface area contributed by atoms with Crippen LogP contribution in [0, 0.1) is 13.8 Å². The van der Waals surface area contributed by atoms with E-state index in [2.05, 4.69) is 85.6 Å². The second-order valence-electron chi connectivity index (χ2n) is 8.36. The molecule has 146 valence electrons. The molecule has 0 spiro atoms. The number of pyridine rings is 2. The summed E-state index contributed by atoms with van der Waals surface area (Å²) in [6.45, 7) is 4.18. The van der Waals surface area contributed by atoms with Crippen molar-refractivity contribution in [2.45, 2.75) is 23.6 Å². The van der Waals surface area contributed by atoms with Crippen LogP contribution in [0.5, 0.6) is 0 Å². The highest BCUT2D eigenvalue weighted by molar-refractivity contribution is 7.99. The molecule has 0 amide bonds. The molecule has 0 atom stereocenters. The molecule has 0 unspecified atom stereocenters. The molecule has 3 heterocycles. The van der Waals surface area contributed by atoms with E-state index in [9.17, 15) is 0 Å². The number of rotatable bonds is 0. The number of fused-ring (bicyclic) bond motifs is 7. The van der Waals surface area contributed by atoms with E-state index in [0.29, 0.717) is 0 Å². The number of nitrogens with zero attached hydrogens (tertiary/aromatic N) is 2. The molecule has 2 nitrogen and oxygen atoms in total. The molecule has 1 aliphatic heterocycles. The first-order valence-electron chi connectivity index (χ1n) is 10.5. The molecule has 0 fully saturated rings. The molecule has 4 aromatic carbocycles. The molecular weight excluding hydrogens is 396 g/mol. The summed E-state index contributed by atoms with van der Waals surface area (Å²) >= 11 is 1.87. The van der Waals surface area contributed by atoms with Crippen LogP contribution < -0.4 is 0 Å². The van der Waals surface area contributed by atoms with E-state index in [1.165, 1.54) is 58.4 Å². The third kappa shape index (κ3) is 2.35. The first-order chi connectivity index (χ1) is 15.2. The van der Waals surface area contributed by atoms with Crippen LogP contribution in [-0.4, -0.2) is 9.97 Å². The molecule has 7 rings (SSSR count). The average Bonchev–Trinajstić information content (AvgIpc) is 2.78. The quantitative estimate of drug-likeness (QED) is 0.236. The lowest BCUT2D eigenvalue weighted by atomic mass is 9.94. The van der Waals surface area contributed by atoms with Gasteiger partial charge in [0.1, 0.15) is 0 Å². The highest BCUT2D eigenvalue weighted by atomic mass is 32.2. The molecule has 0 aliphatic carbocycles. The fraction of sp³-hybridized carbons (Fsp3) is 0.0714. The van der Waals surface area contributed by atoms with E-state index in [-0.39, 0.29) is 0 Å². The Labute approximate surface area is 184 Å². The maximum Gasteiger partial charge on any atom is 0.0803 e. The predicted molar refractivity (Wildman–Crippen MR) is 131 cm³/mol. The van der Waals surface area contributed by atoms with Crippen molar-refractivity contribution in [1.82, 2.24) is 9.97 Å². The van der Waals surface area contributed by atoms with Crippen LogP contribution in [-0.2, 0) is 0 Å². The summed E-state index contributed by atoms with van der Waals surface area (Å²) in [5.74, 6) is 0. The monoisotopic (exact) mass is 414 g/mol. The lowest BCUT2D eigenvalue weighted by molar-refractivity contribution is 1.15. The lowest BCUT2D eigenvalue weighted by Gasteiger charge is -2.22. The van der Waals surface area contributed by atoms with Gasteiger partial charge in [-0.15, -0.1) is 0 Å². The van der Waals surface area contributed by atoms with E-state index < -0.39 is 0 Å². The van der Waals surface area contributed by atoms with E-state index in [0.717, 1.165) is 17.1 Å². The minimum Gasteiger partial charge on any atom is -0.258 e. The molecule has 6 aromatic rings. The Balaban J connectivity index is 1.65. The van der Waals surface area contributed by atoms with Gasteiger partial charge in [0.25, 0.3) is 0 Å². The Morgan fingerprint density at radius 3 is 2.32 bits per heavy atom. The zero-order chi connectivity index (χ0) is 20.7. The highest BCUT2D eigenvalue weighted by Crippen LogP contribution is 2.50. The predicted octanol–water partition coefficient (Wildman–Crippen LogP) is 7.84. The molecule has 0 saturated heterocycles. The summed E-state index contributed by atoms with van der Waals surface area (Å²) in [4.78, 5) is 12.1. The Kier molecular flexibility index (Phi) is 3.37. The van der Waals surface area contributed by atoms with Crippen molar-refractivity contribution in [3.63, 3.8) is 0 Å². The normalized spacial score (nSPS) is 12.7. The van der Waals surface area contributed by atoms with Crippen LogP contribution in [0.2, 0.25) is 0 Å². The van der Waals surface area contributed by atoms with Crippen LogP contribution in [0.3, 0.4) is 0 Å². The van der Waals surface area contributed by atoms with Crippen LogP contribution in [0.15, 0.2) is 82.7 Å². The fourth-order valence-corrected chi connectivity index (χ4v) is 6.27. The Bertz CT molecular complexity index is 1730. The second kappa shape index (κ2) is 6.05. The van der Waals surface area contributed by atoms with Crippen molar-refractivity contribution in [2.24, 2.45) is 0 Å². The standard InChI is InChI=1S/C28H18N2S/c1-15-11-22-19(16(2)30-15)7-8-20-21-9-10-29-28-24-12-17-5-3-4-6-18(17)13-25(24)31-26(27(21)28)14-23(20)22/h3-14H,1-2H3. The van der Waals surface area contributed by atoms with Gasteiger partial charge < -0.3 is 0 Å². The first kappa shape index (κ1) is 17.3. The Hall–Kier alpha value is -3.43. The maximum atomic E-state index is 4.86. The van der Waals surface area contributed by atoms with Gasteiger partial charge in [-0.05, 0) is 76.5 Å². The minimum atomic E-state index is 1.06. The number of benzene rings is 4. The van der Waals surface area contributed by atoms with Gasteiger partial charge >= 0.3 is 0 Å². The first-order valence-corrected chi connectivity index (χ1v) is 11.3. The van der Waals surface area contributed by atoms with Gasteiger partial charge in [-0.1, -0.05) is 48.2 Å². The van der Waals surface area contributed by atoms with Crippen molar-refractivity contribution >= 4 is 54.9 Å². The molecule has 0 saturated carbocycles. The second-order valence-corrected chi connectivity index (χ2v) is 9.44. The zero-order valence-electron chi connectivity index (χ0n) is 17.2. The minimum absolute atomic E-state index is 1.06. The van der Waals surface area contributed by atoms with Crippen molar-refractivity contribution in [3.8, 4) is 11.3 Å². The smallest absolute Gasteiger partial charge is 0.0803 e. The van der Waals surface area contributed by atoms with E-state index in [1.807, 2.05) is 18.0 Å². The highest BCUT2D eigenvalue weighted by Gasteiger charge is 2.23. The van der Waals surface area contributed by atoms with E-state index in [4.69, 9.17) is 4.98 Å². The van der Waals surface area contributed by atoms with E-state index >= 15 is 0 Å². The summed E-state index contributed by atoms with van der Waals surface area (Å²) in [5, 5.41) is 10.2. The summed E-state index contributed by atoms with van der Waals surface area (Å²) in [7, 11) is 0. The molecule has 3 heteroatoms. The van der Waals surface area contributed by atoms with Crippen molar-refractivity contribution < 1.29 is 0 Å². The van der Waals surface area contributed by atoms with Gasteiger partial charge in [0, 0.05) is 43.7 Å². The molecular formula is C28H18N2S. The SMILES string of the molecule is Cc1cc2c(ccc3c4ccnc5c4c(cc23)Sc2cc3ccccc3cc2-5)c(C)n1. The van der Waals surface area contributed by atoms with Crippen LogP contribution in [0.25, 0.3) is 54.3 Å². The Morgan fingerprint density at radius 1 is 0.677 bits per heavy atom. The Morgan fingerprint density at radius 2 is 1.45 bits per heavy atom. The largest absolute Gasteiger partial charge is 0.258 e. The van der Waals surface area contributed by atoms with Gasteiger partial charge in [-0.25, -0.2) is 0 Å². The van der Waals surface area contributed by atoms with Crippen molar-refractivity contribution in [1.29, 1.82) is 0 Å². The summed E-state index contributed by atoms with van der Waals surface area (Å²) in [6.07, 6.45) is 1.96.